The van der Waals surface area contributed by atoms with Crippen molar-refractivity contribution in [3.8, 4) is 0 Å². The highest BCUT2D eigenvalue weighted by Gasteiger charge is 2.31. The molecule has 1 saturated heterocycles. The molecule has 1 saturated carbocycles. The molecule has 0 radical (unpaired) electrons. The van der Waals surface area contributed by atoms with Crippen LogP contribution in [0.4, 0.5) is 0 Å². The molecule has 0 N–H and O–H groups in total. The molecule has 3 aromatic rings. The molecule has 0 bridgehead atoms. The first-order valence-electron chi connectivity index (χ1n) is 12.4. The molecule has 4 heteroatoms. The number of hydrogen-bond acceptors (Lipinski definition) is 4. The smallest absolute Gasteiger partial charge is 0.145 e. The van der Waals surface area contributed by atoms with Gasteiger partial charge in [0.1, 0.15) is 5.78 Å². The van der Waals surface area contributed by atoms with E-state index in [0.717, 1.165) is 44.6 Å². The van der Waals surface area contributed by atoms with Gasteiger partial charge in [-0.3, -0.25) is 9.78 Å². The maximum absolute atomic E-state index is 13.4. The number of pyridine rings is 1. The number of ketones is 1. The van der Waals surface area contributed by atoms with Gasteiger partial charge in [0, 0.05) is 16.8 Å². The Kier molecular flexibility index (Phi) is 6.99. The number of nitrogens with zero attached hydrogens (tertiary/aromatic N) is 2. The number of piperidine rings is 1. The maximum atomic E-state index is 13.4. The molecule has 32 heavy (non-hydrogen) atoms. The molecule has 1 unspecified atom stereocenters. The topological polar surface area (TPSA) is 33.2 Å². The van der Waals surface area contributed by atoms with E-state index >= 15 is 0 Å². The zero-order chi connectivity index (χ0) is 21.8. The van der Waals surface area contributed by atoms with Gasteiger partial charge in [0.2, 0.25) is 0 Å². The Morgan fingerprint density at radius 3 is 2.56 bits per heavy atom. The second kappa shape index (κ2) is 10.3. The zero-order valence-electron chi connectivity index (χ0n) is 18.9. The number of thiophene rings is 1. The first-order chi connectivity index (χ1) is 15.8. The number of likely N-dealkylation sites (tertiary alicyclic amines) is 1. The summed E-state index contributed by atoms with van der Waals surface area (Å²) in [6, 6.07) is 14.8. The molecule has 1 atom stereocenters. The molecule has 168 valence electrons. The average Bonchev–Trinajstić information content (AvgIpc) is 3.30. The van der Waals surface area contributed by atoms with Crippen LogP contribution in [0.2, 0.25) is 0 Å². The molecule has 1 aliphatic heterocycles. The third-order valence-corrected chi connectivity index (χ3v) is 8.65. The van der Waals surface area contributed by atoms with Crippen LogP contribution >= 0.6 is 11.3 Å². The number of benzene rings is 1. The van der Waals surface area contributed by atoms with Gasteiger partial charge in [0.25, 0.3) is 0 Å². The van der Waals surface area contributed by atoms with Crippen LogP contribution in [0.5, 0.6) is 0 Å². The average molecular weight is 447 g/mol. The predicted octanol–water partition coefficient (Wildman–Crippen LogP) is 6.80. The van der Waals surface area contributed by atoms with Gasteiger partial charge < -0.3 is 4.90 Å². The van der Waals surface area contributed by atoms with Crippen LogP contribution in [0, 0.1) is 5.92 Å². The van der Waals surface area contributed by atoms with E-state index in [2.05, 4.69) is 45.6 Å². The second-order valence-corrected chi connectivity index (χ2v) is 10.5. The standard InChI is InChI=1S/C28H34N2OS/c31-28(22-8-2-1-3-9-22)24(26-11-6-7-16-29-26)15-19-30-17-13-21(14-18-30)25-20-32-27-12-5-4-10-23(25)27/h4-7,10-12,16,20-22,24H,1-3,8-9,13-15,17-19H2. The van der Waals surface area contributed by atoms with Gasteiger partial charge in [-0.05, 0) is 92.2 Å². The summed E-state index contributed by atoms with van der Waals surface area (Å²) < 4.78 is 1.41. The van der Waals surface area contributed by atoms with Crippen LogP contribution in [0.15, 0.2) is 54.0 Å². The first-order valence-corrected chi connectivity index (χ1v) is 13.3. The lowest BCUT2D eigenvalue weighted by Gasteiger charge is -2.33. The highest BCUT2D eigenvalue weighted by atomic mass is 32.1. The van der Waals surface area contributed by atoms with Crippen molar-refractivity contribution in [3.63, 3.8) is 0 Å². The molecule has 1 aromatic carbocycles. The summed E-state index contributed by atoms with van der Waals surface area (Å²) in [5.74, 6) is 1.31. The van der Waals surface area contributed by atoms with E-state index in [1.165, 1.54) is 42.2 Å². The van der Waals surface area contributed by atoms with Crippen LogP contribution in [-0.4, -0.2) is 35.3 Å². The number of fused-ring (bicyclic) bond motifs is 1. The van der Waals surface area contributed by atoms with E-state index in [1.54, 1.807) is 5.56 Å². The van der Waals surface area contributed by atoms with E-state index in [0.29, 0.717) is 11.7 Å². The number of hydrogen-bond donors (Lipinski definition) is 0. The van der Waals surface area contributed by atoms with Crippen LogP contribution < -0.4 is 0 Å². The fourth-order valence-electron chi connectivity index (χ4n) is 5.78. The number of rotatable bonds is 7. The van der Waals surface area contributed by atoms with Crippen molar-refractivity contribution in [2.45, 2.75) is 63.2 Å². The predicted molar refractivity (Wildman–Crippen MR) is 133 cm³/mol. The van der Waals surface area contributed by atoms with Crippen molar-refractivity contribution in [2.75, 3.05) is 19.6 Å². The van der Waals surface area contributed by atoms with E-state index < -0.39 is 0 Å². The van der Waals surface area contributed by atoms with Crippen LogP contribution in [0.1, 0.15) is 74.5 Å². The number of carbonyl (C=O) groups excluding carboxylic acids is 1. The SMILES string of the molecule is O=C(C1CCCCC1)C(CCN1CCC(c2csc3ccccc23)CC1)c1ccccn1. The van der Waals surface area contributed by atoms with Gasteiger partial charge in [0.05, 0.1) is 11.6 Å². The van der Waals surface area contributed by atoms with E-state index in [9.17, 15) is 4.79 Å². The Hall–Kier alpha value is -2.04. The molecular formula is C28H34N2OS. The molecule has 3 heterocycles. The summed E-state index contributed by atoms with van der Waals surface area (Å²) in [5.41, 5.74) is 2.52. The molecule has 0 spiro atoms. The van der Waals surface area contributed by atoms with Gasteiger partial charge in [-0.2, -0.15) is 0 Å². The molecule has 2 aliphatic rings. The van der Waals surface area contributed by atoms with E-state index in [1.807, 2.05) is 29.7 Å². The largest absolute Gasteiger partial charge is 0.303 e. The van der Waals surface area contributed by atoms with Crippen molar-refractivity contribution in [2.24, 2.45) is 5.92 Å². The van der Waals surface area contributed by atoms with Crippen molar-refractivity contribution in [1.29, 1.82) is 0 Å². The number of carbonyl (C=O) groups is 1. The first kappa shape index (κ1) is 21.8. The Bertz CT molecular complexity index is 1020. The third-order valence-electron chi connectivity index (χ3n) is 7.67. The molecule has 3 nitrogen and oxygen atoms in total. The van der Waals surface area contributed by atoms with Crippen molar-refractivity contribution in [3.05, 3.63) is 65.3 Å². The highest BCUT2D eigenvalue weighted by molar-refractivity contribution is 7.17. The quantitative estimate of drug-likeness (QED) is 0.400. The zero-order valence-corrected chi connectivity index (χ0v) is 19.7. The fraction of sp³-hybridized carbons (Fsp3) is 0.500. The summed E-state index contributed by atoms with van der Waals surface area (Å²) in [5, 5.41) is 3.83. The minimum absolute atomic E-state index is 0.0437. The molecule has 1 aliphatic carbocycles. The van der Waals surface area contributed by atoms with Crippen molar-refractivity contribution in [1.82, 2.24) is 9.88 Å². The van der Waals surface area contributed by atoms with Crippen LogP contribution in [0.25, 0.3) is 10.1 Å². The lowest BCUT2D eigenvalue weighted by atomic mass is 9.79. The normalized spacial score (nSPS) is 19.9. The Balaban J connectivity index is 1.21. The summed E-state index contributed by atoms with van der Waals surface area (Å²) in [4.78, 5) is 20.6. The van der Waals surface area contributed by atoms with Crippen LogP contribution in [0.3, 0.4) is 0 Å². The van der Waals surface area contributed by atoms with E-state index in [4.69, 9.17) is 0 Å². The summed E-state index contributed by atoms with van der Waals surface area (Å²) in [6.45, 7) is 3.25. The van der Waals surface area contributed by atoms with Gasteiger partial charge in [-0.15, -0.1) is 11.3 Å². The molecular weight excluding hydrogens is 412 g/mol. The van der Waals surface area contributed by atoms with E-state index in [-0.39, 0.29) is 11.8 Å². The lowest BCUT2D eigenvalue weighted by molar-refractivity contribution is -0.125. The Labute approximate surface area is 195 Å². The van der Waals surface area contributed by atoms with Crippen molar-refractivity contribution >= 4 is 27.2 Å². The Morgan fingerprint density at radius 2 is 1.78 bits per heavy atom. The minimum atomic E-state index is -0.0437. The molecule has 0 amide bonds. The maximum Gasteiger partial charge on any atom is 0.145 e. The summed E-state index contributed by atoms with van der Waals surface area (Å²) in [7, 11) is 0. The molecule has 5 rings (SSSR count). The lowest BCUT2D eigenvalue weighted by Crippen LogP contribution is -2.35. The van der Waals surface area contributed by atoms with Gasteiger partial charge >= 0.3 is 0 Å². The summed E-state index contributed by atoms with van der Waals surface area (Å²) in [6.07, 6.45) is 11.0. The van der Waals surface area contributed by atoms with Gasteiger partial charge in [-0.1, -0.05) is 43.5 Å². The second-order valence-electron chi connectivity index (χ2n) is 9.64. The van der Waals surface area contributed by atoms with Gasteiger partial charge in [0.15, 0.2) is 0 Å². The molecule has 2 fully saturated rings. The van der Waals surface area contributed by atoms with Crippen molar-refractivity contribution < 1.29 is 4.79 Å². The van der Waals surface area contributed by atoms with Gasteiger partial charge in [-0.25, -0.2) is 0 Å². The third kappa shape index (κ3) is 4.82. The minimum Gasteiger partial charge on any atom is -0.303 e. The molecule has 2 aromatic heterocycles. The van der Waals surface area contributed by atoms with Crippen LogP contribution in [-0.2, 0) is 4.79 Å². The monoisotopic (exact) mass is 446 g/mol. The fourth-order valence-corrected chi connectivity index (χ4v) is 6.83. The Morgan fingerprint density at radius 1 is 1.00 bits per heavy atom. The number of aromatic nitrogens is 1. The summed E-state index contributed by atoms with van der Waals surface area (Å²) >= 11 is 1.88. The number of Topliss-reactive ketones (excluding diaryl/α,β-unsaturated/α-hetero) is 1. The highest BCUT2D eigenvalue weighted by Crippen LogP contribution is 2.37.